The van der Waals surface area contributed by atoms with Crippen LogP contribution in [0.25, 0.3) is 0 Å². The van der Waals surface area contributed by atoms with E-state index in [1.54, 1.807) is 0 Å². The number of esters is 1. The fraction of sp³-hybridized carbons (Fsp3) is 0.875. The van der Waals surface area contributed by atoms with Crippen LogP contribution in [0.5, 0.6) is 0 Å². The average molecular weight is 286 g/mol. The summed E-state index contributed by atoms with van der Waals surface area (Å²) in [5, 5.41) is 9.14. The predicted octanol–water partition coefficient (Wildman–Crippen LogP) is 1.52. The smallest absolute Gasteiger partial charge is 0.334 e. The minimum atomic E-state index is -0.932. The van der Waals surface area contributed by atoms with E-state index in [2.05, 4.69) is 22.6 Å². The van der Waals surface area contributed by atoms with Gasteiger partial charge in [-0.25, -0.2) is 4.79 Å². The second-order valence-corrected chi connectivity index (χ2v) is 3.59. The summed E-state index contributed by atoms with van der Waals surface area (Å²) in [6, 6.07) is 0. The van der Waals surface area contributed by atoms with E-state index in [0.29, 0.717) is 13.0 Å². The summed E-state index contributed by atoms with van der Waals surface area (Å²) in [5.41, 5.74) is 0. The third-order valence-electron chi connectivity index (χ3n) is 1.40. The minimum absolute atomic E-state index is 0.424. The number of aliphatic hydroxyl groups excluding tert-OH is 1. The Morgan fingerprint density at radius 3 is 2.83 bits per heavy atom. The number of ether oxygens (including phenoxy) is 1. The van der Waals surface area contributed by atoms with Crippen LogP contribution in [0.1, 0.15) is 26.2 Å². The standard InChI is InChI=1S/C8H15IO3/c1-2-3-6-12-8(11)7(10)4-5-9/h7,10H,2-6H2,1H3/t7-/m1/s1. The van der Waals surface area contributed by atoms with Crippen LogP contribution in [0.15, 0.2) is 0 Å². The normalized spacial score (nSPS) is 12.6. The molecule has 1 N–H and O–H groups in total. The molecule has 1 atom stereocenters. The predicted molar refractivity (Wildman–Crippen MR) is 55.4 cm³/mol. The molecule has 0 aromatic carbocycles. The van der Waals surface area contributed by atoms with Crippen LogP contribution in [0.4, 0.5) is 0 Å². The van der Waals surface area contributed by atoms with Gasteiger partial charge in [-0.15, -0.1) is 0 Å². The molecule has 0 spiro atoms. The Morgan fingerprint density at radius 1 is 1.67 bits per heavy atom. The van der Waals surface area contributed by atoms with Crippen LogP contribution in [-0.2, 0) is 9.53 Å². The maximum atomic E-state index is 10.9. The maximum Gasteiger partial charge on any atom is 0.334 e. The molecule has 0 saturated carbocycles. The van der Waals surface area contributed by atoms with Gasteiger partial charge >= 0.3 is 5.97 Å². The van der Waals surface area contributed by atoms with E-state index >= 15 is 0 Å². The summed E-state index contributed by atoms with van der Waals surface area (Å²) < 4.78 is 5.57. The molecule has 0 aliphatic rings. The van der Waals surface area contributed by atoms with Gasteiger partial charge in [0.1, 0.15) is 0 Å². The molecule has 0 radical (unpaired) electrons. The highest BCUT2D eigenvalue weighted by molar-refractivity contribution is 14.1. The molecule has 0 unspecified atom stereocenters. The van der Waals surface area contributed by atoms with Crippen LogP contribution in [0.3, 0.4) is 0 Å². The Labute approximate surface area is 86.6 Å². The quantitative estimate of drug-likeness (QED) is 0.348. The lowest BCUT2D eigenvalue weighted by atomic mass is 10.3. The summed E-state index contributed by atoms with van der Waals surface area (Å²) in [6.07, 6.45) is 1.41. The first-order valence-corrected chi connectivity index (χ1v) is 5.65. The lowest BCUT2D eigenvalue weighted by Crippen LogP contribution is -2.23. The Bertz CT molecular complexity index is 127. The van der Waals surface area contributed by atoms with Gasteiger partial charge in [0.05, 0.1) is 6.61 Å². The SMILES string of the molecule is CCCCOC(=O)[C@H](O)CCI. The summed E-state index contributed by atoms with van der Waals surface area (Å²) >= 11 is 2.11. The first kappa shape index (κ1) is 12.2. The number of aliphatic hydroxyl groups is 1. The molecule has 0 rings (SSSR count). The molecule has 0 saturated heterocycles. The average Bonchev–Trinajstić information content (AvgIpc) is 2.05. The van der Waals surface area contributed by atoms with E-state index in [9.17, 15) is 4.79 Å². The largest absolute Gasteiger partial charge is 0.464 e. The van der Waals surface area contributed by atoms with E-state index in [-0.39, 0.29) is 0 Å². The van der Waals surface area contributed by atoms with Crippen LogP contribution in [0.2, 0.25) is 0 Å². The Kier molecular flexibility index (Phi) is 7.89. The molecule has 0 aliphatic heterocycles. The van der Waals surface area contributed by atoms with Gasteiger partial charge in [-0.3, -0.25) is 0 Å². The van der Waals surface area contributed by atoms with Gasteiger partial charge < -0.3 is 9.84 Å². The van der Waals surface area contributed by atoms with Crippen molar-refractivity contribution < 1.29 is 14.6 Å². The van der Waals surface area contributed by atoms with Gasteiger partial charge in [-0.05, 0) is 12.8 Å². The minimum Gasteiger partial charge on any atom is -0.464 e. The zero-order valence-corrected chi connectivity index (χ0v) is 9.41. The van der Waals surface area contributed by atoms with Crippen molar-refractivity contribution in [2.45, 2.75) is 32.3 Å². The fourth-order valence-electron chi connectivity index (χ4n) is 0.634. The van der Waals surface area contributed by atoms with Crippen molar-refractivity contribution in [2.75, 3.05) is 11.0 Å². The van der Waals surface area contributed by atoms with E-state index in [0.717, 1.165) is 17.3 Å². The highest BCUT2D eigenvalue weighted by Crippen LogP contribution is 1.99. The second-order valence-electron chi connectivity index (χ2n) is 2.51. The number of halogens is 1. The van der Waals surface area contributed by atoms with E-state index in [4.69, 9.17) is 9.84 Å². The van der Waals surface area contributed by atoms with E-state index in [1.165, 1.54) is 0 Å². The molecular weight excluding hydrogens is 271 g/mol. The Morgan fingerprint density at radius 2 is 2.33 bits per heavy atom. The highest BCUT2D eigenvalue weighted by Gasteiger charge is 2.14. The molecular formula is C8H15IO3. The number of hydrogen-bond donors (Lipinski definition) is 1. The zero-order chi connectivity index (χ0) is 9.40. The molecule has 72 valence electrons. The van der Waals surface area contributed by atoms with Crippen LogP contribution < -0.4 is 0 Å². The molecule has 0 bridgehead atoms. The number of alkyl halides is 1. The summed E-state index contributed by atoms with van der Waals surface area (Å²) in [5.74, 6) is -0.486. The van der Waals surface area contributed by atoms with Gasteiger partial charge in [0.15, 0.2) is 6.10 Å². The van der Waals surface area contributed by atoms with Crippen LogP contribution >= 0.6 is 22.6 Å². The first-order chi connectivity index (χ1) is 5.72. The van der Waals surface area contributed by atoms with Crippen molar-refractivity contribution in [3.8, 4) is 0 Å². The molecule has 0 heterocycles. The van der Waals surface area contributed by atoms with Crippen molar-refractivity contribution in [1.29, 1.82) is 0 Å². The van der Waals surface area contributed by atoms with Crippen molar-refractivity contribution in [2.24, 2.45) is 0 Å². The van der Waals surface area contributed by atoms with Crippen molar-refractivity contribution in [3.63, 3.8) is 0 Å². The number of unbranched alkanes of at least 4 members (excludes halogenated alkanes) is 1. The molecule has 4 heteroatoms. The zero-order valence-electron chi connectivity index (χ0n) is 7.25. The number of carbonyl (C=O) groups is 1. The third kappa shape index (κ3) is 5.77. The second kappa shape index (κ2) is 7.79. The number of rotatable bonds is 6. The van der Waals surface area contributed by atoms with Crippen molar-refractivity contribution in [1.82, 2.24) is 0 Å². The molecule has 3 nitrogen and oxygen atoms in total. The van der Waals surface area contributed by atoms with Crippen molar-refractivity contribution in [3.05, 3.63) is 0 Å². The Balaban J connectivity index is 3.43. The topological polar surface area (TPSA) is 46.5 Å². The molecule has 12 heavy (non-hydrogen) atoms. The van der Waals surface area contributed by atoms with Gasteiger partial charge in [-0.1, -0.05) is 35.9 Å². The Hall–Kier alpha value is 0.160. The van der Waals surface area contributed by atoms with Crippen LogP contribution in [-0.4, -0.2) is 28.2 Å². The molecule has 0 aromatic heterocycles. The van der Waals surface area contributed by atoms with Gasteiger partial charge in [0.2, 0.25) is 0 Å². The lowest BCUT2D eigenvalue weighted by Gasteiger charge is -2.08. The first-order valence-electron chi connectivity index (χ1n) is 4.13. The lowest BCUT2D eigenvalue weighted by molar-refractivity contribution is -0.153. The van der Waals surface area contributed by atoms with E-state index in [1.807, 2.05) is 6.92 Å². The summed E-state index contributed by atoms with van der Waals surface area (Å²) in [4.78, 5) is 10.9. The maximum absolute atomic E-state index is 10.9. The summed E-state index contributed by atoms with van der Waals surface area (Å²) in [6.45, 7) is 2.45. The summed E-state index contributed by atoms with van der Waals surface area (Å²) in [7, 11) is 0. The third-order valence-corrected chi connectivity index (χ3v) is 2.02. The van der Waals surface area contributed by atoms with Gasteiger partial charge in [0.25, 0.3) is 0 Å². The molecule has 0 aromatic rings. The van der Waals surface area contributed by atoms with Gasteiger partial charge in [0, 0.05) is 4.43 Å². The van der Waals surface area contributed by atoms with Crippen LogP contribution in [0, 0.1) is 0 Å². The number of hydrogen-bond acceptors (Lipinski definition) is 3. The molecule has 0 fully saturated rings. The number of carbonyl (C=O) groups excluding carboxylic acids is 1. The monoisotopic (exact) mass is 286 g/mol. The van der Waals surface area contributed by atoms with Crippen molar-refractivity contribution >= 4 is 28.6 Å². The highest BCUT2D eigenvalue weighted by atomic mass is 127. The molecule has 0 aliphatic carbocycles. The fourth-order valence-corrected chi connectivity index (χ4v) is 1.22. The van der Waals surface area contributed by atoms with E-state index < -0.39 is 12.1 Å². The van der Waals surface area contributed by atoms with Gasteiger partial charge in [-0.2, -0.15) is 0 Å². The molecule has 0 amide bonds.